The molecule has 1 atom stereocenters. The van der Waals surface area contributed by atoms with Crippen LogP contribution in [0.25, 0.3) is 11.3 Å². The molecule has 1 aromatic carbocycles. The van der Waals surface area contributed by atoms with Crippen LogP contribution in [0.5, 0.6) is 5.75 Å². The predicted octanol–water partition coefficient (Wildman–Crippen LogP) is 2.92. The third-order valence-electron chi connectivity index (χ3n) is 3.97. The molecule has 1 N–H and O–H groups in total. The first-order valence-corrected chi connectivity index (χ1v) is 8.73. The number of rotatable bonds is 4. The molecule has 0 aliphatic carbocycles. The van der Waals surface area contributed by atoms with Crippen molar-refractivity contribution in [3.05, 3.63) is 34.3 Å². The summed E-state index contributed by atoms with van der Waals surface area (Å²) in [6.07, 6.45) is 0.139. The summed E-state index contributed by atoms with van der Waals surface area (Å²) in [5, 5.41) is 19.3. The smallest absolute Gasteiger partial charge is 0.151 e. The molecule has 6 nitrogen and oxygen atoms in total. The van der Waals surface area contributed by atoms with Gasteiger partial charge in [0.25, 0.3) is 0 Å². The number of likely N-dealkylation sites (N-methyl/N-ethyl adjacent to an activating group) is 1. The van der Waals surface area contributed by atoms with E-state index in [0.717, 1.165) is 25.5 Å². The first kappa shape index (κ1) is 18.2. The number of aromatic hydroxyl groups is 1. The summed E-state index contributed by atoms with van der Waals surface area (Å²) in [4.78, 5) is 4.26. The van der Waals surface area contributed by atoms with Gasteiger partial charge in [0.2, 0.25) is 0 Å². The molecular formula is C17H20Cl2N4O2. The van der Waals surface area contributed by atoms with Gasteiger partial charge in [-0.2, -0.15) is 0 Å². The average Bonchev–Trinajstić information content (AvgIpc) is 2.54. The lowest BCUT2D eigenvalue weighted by atomic mass is 10.1. The first-order chi connectivity index (χ1) is 11.9. The van der Waals surface area contributed by atoms with Gasteiger partial charge < -0.3 is 19.6 Å². The third kappa shape index (κ3) is 4.33. The molecule has 1 fully saturated rings. The van der Waals surface area contributed by atoms with Crippen LogP contribution in [0.4, 0.5) is 5.82 Å². The van der Waals surface area contributed by atoms with Crippen LogP contribution in [0.3, 0.4) is 0 Å². The van der Waals surface area contributed by atoms with Crippen molar-refractivity contribution in [2.24, 2.45) is 0 Å². The fraction of sp³-hybridized carbons (Fsp3) is 0.412. The molecule has 8 heteroatoms. The van der Waals surface area contributed by atoms with Crippen LogP contribution in [0.15, 0.2) is 24.3 Å². The summed E-state index contributed by atoms with van der Waals surface area (Å²) in [6, 6.07) is 6.69. The van der Waals surface area contributed by atoms with Gasteiger partial charge in [-0.25, -0.2) is 0 Å². The zero-order valence-corrected chi connectivity index (χ0v) is 15.6. The quantitative estimate of drug-likeness (QED) is 0.876. The number of phenols is 1. The number of hydrogen-bond acceptors (Lipinski definition) is 6. The third-order valence-corrected chi connectivity index (χ3v) is 4.49. The first-order valence-electron chi connectivity index (χ1n) is 7.97. The van der Waals surface area contributed by atoms with Gasteiger partial charge in [-0.15, -0.1) is 10.2 Å². The van der Waals surface area contributed by atoms with E-state index in [1.54, 1.807) is 12.1 Å². The van der Waals surface area contributed by atoms with Crippen LogP contribution in [0.2, 0.25) is 10.0 Å². The highest BCUT2D eigenvalue weighted by atomic mass is 35.5. The highest BCUT2D eigenvalue weighted by molar-refractivity contribution is 6.36. The molecule has 0 saturated carbocycles. The number of halogens is 2. The molecule has 134 valence electrons. The molecule has 1 saturated heterocycles. The van der Waals surface area contributed by atoms with Crippen LogP contribution in [0, 0.1) is 0 Å². The SMILES string of the molecule is CN(C)C[C@@H]1CN(c2ccc(-c3c(O)cc(Cl)cc3Cl)nn2)CCO1. The summed E-state index contributed by atoms with van der Waals surface area (Å²) in [5.74, 6) is 0.761. The molecule has 3 rings (SSSR count). The number of benzene rings is 1. The molecule has 1 aromatic heterocycles. The molecule has 25 heavy (non-hydrogen) atoms. The lowest BCUT2D eigenvalue weighted by Crippen LogP contribution is -2.46. The van der Waals surface area contributed by atoms with Crippen LogP contribution in [-0.4, -0.2) is 66.6 Å². The molecule has 1 aliphatic rings. The van der Waals surface area contributed by atoms with E-state index in [0.29, 0.717) is 27.9 Å². The molecular weight excluding hydrogens is 363 g/mol. The molecule has 2 heterocycles. The van der Waals surface area contributed by atoms with Crippen LogP contribution in [-0.2, 0) is 4.74 Å². The van der Waals surface area contributed by atoms with E-state index in [1.165, 1.54) is 6.07 Å². The van der Waals surface area contributed by atoms with E-state index in [1.807, 2.05) is 20.2 Å². The van der Waals surface area contributed by atoms with E-state index >= 15 is 0 Å². The van der Waals surface area contributed by atoms with Crippen molar-refractivity contribution in [1.82, 2.24) is 15.1 Å². The Bertz CT molecular complexity index is 717. The number of morpholine rings is 1. The lowest BCUT2D eigenvalue weighted by molar-refractivity contribution is 0.0245. The minimum Gasteiger partial charge on any atom is -0.507 e. The molecule has 0 spiro atoms. The minimum absolute atomic E-state index is 0.0167. The number of anilines is 1. The van der Waals surface area contributed by atoms with Crippen molar-refractivity contribution >= 4 is 29.0 Å². The van der Waals surface area contributed by atoms with Gasteiger partial charge in [0.15, 0.2) is 5.82 Å². The Morgan fingerprint density at radius 1 is 1.28 bits per heavy atom. The van der Waals surface area contributed by atoms with Crippen molar-refractivity contribution in [1.29, 1.82) is 0 Å². The number of phenolic OH excluding ortho intramolecular Hbond substituents is 1. The summed E-state index contributed by atoms with van der Waals surface area (Å²) in [6.45, 7) is 3.05. The van der Waals surface area contributed by atoms with Gasteiger partial charge in [0.05, 0.1) is 29.0 Å². The Labute approximate surface area is 156 Å². The van der Waals surface area contributed by atoms with Gasteiger partial charge in [0.1, 0.15) is 5.75 Å². The van der Waals surface area contributed by atoms with E-state index < -0.39 is 0 Å². The average molecular weight is 383 g/mol. The Hall–Kier alpha value is -1.60. The van der Waals surface area contributed by atoms with E-state index in [9.17, 15) is 5.11 Å². The minimum atomic E-state index is -0.0167. The Balaban J connectivity index is 1.79. The number of aromatic nitrogens is 2. The summed E-state index contributed by atoms with van der Waals surface area (Å²) in [5.41, 5.74) is 0.929. The zero-order valence-electron chi connectivity index (χ0n) is 14.1. The van der Waals surface area contributed by atoms with Crippen LogP contribution < -0.4 is 4.90 Å². The molecule has 0 amide bonds. The van der Waals surface area contributed by atoms with Crippen molar-refractivity contribution in [2.45, 2.75) is 6.10 Å². The predicted molar refractivity (Wildman–Crippen MR) is 99.7 cm³/mol. The fourth-order valence-corrected chi connectivity index (χ4v) is 3.47. The second-order valence-electron chi connectivity index (χ2n) is 6.26. The summed E-state index contributed by atoms with van der Waals surface area (Å²) in [7, 11) is 4.05. The maximum Gasteiger partial charge on any atom is 0.151 e. The normalized spacial score (nSPS) is 18.0. The largest absolute Gasteiger partial charge is 0.507 e. The fourth-order valence-electron chi connectivity index (χ4n) is 2.89. The van der Waals surface area contributed by atoms with Crippen molar-refractivity contribution in [3.8, 4) is 17.0 Å². The number of hydrogen-bond donors (Lipinski definition) is 1. The Morgan fingerprint density at radius 2 is 2.08 bits per heavy atom. The number of ether oxygens (including phenoxy) is 1. The zero-order chi connectivity index (χ0) is 18.0. The van der Waals surface area contributed by atoms with Crippen molar-refractivity contribution in [2.75, 3.05) is 45.2 Å². The van der Waals surface area contributed by atoms with E-state index in [4.69, 9.17) is 27.9 Å². The molecule has 0 bridgehead atoms. The molecule has 0 unspecified atom stereocenters. The monoisotopic (exact) mass is 382 g/mol. The molecule has 1 aliphatic heterocycles. The van der Waals surface area contributed by atoms with Crippen molar-refractivity contribution in [3.63, 3.8) is 0 Å². The second-order valence-corrected chi connectivity index (χ2v) is 7.10. The Kier molecular flexibility index (Phi) is 5.64. The van der Waals surface area contributed by atoms with Crippen LogP contribution >= 0.6 is 23.2 Å². The highest BCUT2D eigenvalue weighted by Crippen LogP contribution is 2.37. The van der Waals surface area contributed by atoms with E-state index in [2.05, 4.69) is 20.0 Å². The standard InChI is InChI=1S/C17H20Cl2N4O2/c1-22(2)9-12-10-23(5-6-25-12)16-4-3-14(20-21-16)17-13(19)7-11(18)8-15(17)24/h3-4,7-8,12,24H,5-6,9-10H2,1-2H3/t12-/m1/s1. The summed E-state index contributed by atoms with van der Waals surface area (Å²) >= 11 is 12.1. The highest BCUT2D eigenvalue weighted by Gasteiger charge is 2.22. The Morgan fingerprint density at radius 3 is 2.72 bits per heavy atom. The second kappa shape index (κ2) is 7.74. The summed E-state index contributed by atoms with van der Waals surface area (Å²) < 4.78 is 5.78. The van der Waals surface area contributed by atoms with Crippen LogP contribution in [0.1, 0.15) is 0 Å². The van der Waals surface area contributed by atoms with Gasteiger partial charge in [-0.3, -0.25) is 0 Å². The van der Waals surface area contributed by atoms with Gasteiger partial charge in [-0.05, 0) is 38.4 Å². The maximum absolute atomic E-state index is 10.1. The van der Waals surface area contributed by atoms with Gasteiger partial charge in [0, 0.05) is 24.7 Å². The van der Waals surface area contributed by atoms with E-state index in [-0.39, 0.29) is 11.9 Å². The number of nitrogens with zero attached hydrogens (tertiary/aromatic N) is 4. The van der Waals surface area contributed by atoms with Gasteiger partial charge in [-0.1, -0.05) is 23.2 Å². The molecule has 0 radical (unpaired) electrons. The van der Waals surface area contributed by atoms with Gasteiger partial charge >= 0.3 is 0 Å². The topological polar surface area (TPSA) is 61.7 Å². The maximum atomic E-state index is 10.1. The molecule has 2 aromatic rings. The lowest BCUT2D eigenvalue weighted by Gasteiger charge is -2.34. The van der Waals surface area contributed by atoms with Crippen molar-refractivity contribution < 1.29 is 9.84 Å².